The summed E-state index contributed by atoms with van der Waals surface area (Å²) in [6.07, 6.45) is 1.30. The van der Waals surface area contributed by atoms with Gasteiger partial charge in [-0.05, 0) is 13.3 Å². The molecule has 0 spiro atoms. The van der Waals surface area contributed by atoms with Crippen LogP contribution in [0.2, 0.25) is 0 Å². The molecule has 1 amide bonds. The quantitative estimate of drug-likeness (QED) is 0.627. The van der Waals surface area contributed by atoms with E-state index in [4.69, 9.17) is 0 Å². The van der Waals surface area contributed by atoms with E-state index < -0.39 is 0 Å². The summed E-state index contributed by atoms with van der Waals surface area (Å²) in [6.45, 7) is 4.76. The van der Waals surface area contributed by atoms with E-state index in [9.17, 15) is 9.59 Å². The number of nitrogens with one attached hydrogen (secondary N) is 1. The molecule has 0 rings (SSSR count). The molecular weight excluding hydrogens is 170 g/mol. The zero-order chi connectivity index (χ0) is 10.1. The molecule has 0 aromatic rings. The van der Waals surface area contributed by atoms with E-state index in [0.29, 0.717) is 13.2 Å². The van der Waals surface area contributed by atoms with Gasteiger partial charge in [-0.2, -0.15) is 0 Å². The number of hydrogen-bond acceptors (Lipinski definition) is 3. The fourth-order valence-corrected chi connectivity index (χ4v) is 0.802. The standard InChI is InChI=1S/C9H17NO3/c1-3-7-10-8(11)5-6-9(12)13-4-2/h3-7H2,1-2H3,(H,10,11). The second kappa shape index (κ2) is 7.58. The molecule has 76 valence electrons. The molecular formula is C9H17NO3. The Hall–Kier alpha value is -1.06. The lowest BCUT2D eigenvalue weighted by Gasteiger charge is -2.02. The van der Waals surface area contributed by atoms with Crippen LogP contribution in [0.5, 0.6) is 0 Å². The molecule has 0 aliphatic rings. The van der Waals surface area contributed by atoms with E-state index in [0.717, 1.165) is 6.42 Å². The molecule has 4 heteroatoms. The lowest BCUT2D eigenvalue weighted by atomic mass is 10.3. The Morgan fingerprint density at radius 2 is 1.92 bits per heavy atom. The largest absolute Gasteiger partial charge is 0.466 e. The average Bonchev–Trinajstić information content (AvgIpc) is 2.12. The van der Waals surface area contributed by atoms with Gasteiger partial charge in [0.25, 0.3) is 0 Å². The maximum absolute atomic E-state index is 11.0. The van der Waals surface area contributed by atoms with Gasteiger partial charge in [0.2, 0.25) is 5.91 Å². The van der Waals surface area contributed by atoms with E-state index in [1.165, 1.54) is 0 Å². The van der Waals surface area contributed by atoms with Crippen molar-refractivity contribution in [2.45, 2.75) is 33.1 Å². The maximum atomic E-state index is 11.0. The van der Waals surface area contributed by atoms with E-state index in [2.05, 4.69) is 10.1 Å². The smallest absolute Gasteiger partial charge is 0.306 e. The van der Waals surface area contributed by atoms with Gasteiger partial charge in [-0.25, -0.2) is 0 Å². The third-order valence-corrected chi connectivity index (χ3v) is 1.43. The number of rotatable bonds is 6. The number of carbonyl (C=O) groups is 2. The van der Waals surface area contributed by atoms with Gasteiger partial charge in [-0.1, -0.05) is 6.92 Å². The minimum absolute atomic E-state index is 0.0881. The van der Waals surface area contributed by atoms with Gasteiger partial charge in [-0.15, -0.1) is 0 Å². The fraction of sp³-hybridized carbons (Fsp3) is 0.778. The summed E-state index contributed by atoms with van der Waals surface area (Å²) in [6, 6.07) is 0. The van der Waals surface area contributed by atoms with Crippen molar-refractivity contribution >= 4 is 11.9 Å². The first-order chi connectivity index (χ1) is 6.20. The minimum Gasteiger partial charge on any atom is -0.466 e. The molecule has 0 unspecified atom stereocenters. The Balaban J connectivity index is 3.40. The SMILES string of the molecule is CCCNC(=O)CCC(=O)OCC. The van der Waals surface area contributed by atoms with Crippen LogP contribution in [-0.4, -0.2) is 25.0 Å². The van der Waals surface area contributed by atoms with Crippen LogP contribution < -0.4 is 5.32 Å². The first-order valence-corrected chi connectivity index (χ1v) is 4.63. The zero-order valence-corrected chi connectivity index (χ0v) is 8.26. The van der Waals surface area contributed by atoms with Gasteiger partial charge in [0, 0.05) is 13.0 Å². The highest BCUT2D eigenvalue weighted by atomic mass is 16.5. The van der Waals surface area contributed by atoms with Crippen LogP contribution in [0.4, 0.5) is 0 Å². The first kappa shape index (κ1) is 11.9. The van der Waals surface area contributed by atoms with Crippen molar-refractivity contribution in [2.24, 2.45) is 0 Å². The Labute approximate surface area is 78.6 Å². The number of esters is 1. The van der Waals surface area contributed by atoms with E-state index in [-0.39, 0.29) is 24.7 Å². The second-order valence-corrected chi connectivity index (χ2v) is 2.65. The molecule has 0 aromatic carbocycles. The van der Waals surface area contributed by atoms with Crippen LogP contribution >= 0.6 is 0 Å². The van der Waals surface area contributed by atoms with Crippen LogP contribution in [0.3, 0.4) is 0 Å². The summed E-state index contributed by atoms with van der Waals surface area (Å²) in [5.41, 5.74) is 0. The monoisotopic (exact) mass is 187 g/mol. The minimum atomic E-state index is -0.311. The highest BCUT2D eigenvalue weighted by Crippen LogP contribution is 1.92. The van der Waals surface area contributed by atoms with Gasteiger partial charge < -0.3 is 10.1 Å². The highest BCUT2D eigenvalue weighted by molar-refractivity contribution is 5.81. The summed E-state index contributed by atoms with van der Waals surface area (Å²) in [7, 11) is 0. The molecule has 0 aliphatic carbocycles. The molecule has 0 saturated carbocycles. The first-order valence-electron chi connectivity index (χ1n) is 4.63. The van der Waals surface area contributed by atoms with Gasteiger partial charge in [0.15, 0.2) is 0 Å². The number of amides is 1. The van der Waals surface area contributed by atoms with Crippen LogP contribution in [-0.2, 0) is 14.3 Å². The molecule has 1 N–H and O–H groups in total. The lowest BCUT2D eigenvalue weighted by molar-refractivity contribution is -0.144. The summed E-state index contributed by atoms with van der Waals surface area (Å²) in [5.74, 6) is -0.399. The molecule has 13 heavy (non-hydrogen) atoms. The highest BCUT2D eigenvalue weighted by Gasteiger charge is 2.05. The molecule has 0 aromatic heterocycles. The normalized spacial score (nSPS) is 9.38. The third-order valence-electron chi connectivity index (χ3n) is 1.43. The van der Waals surface area contributed by atoms with Crippen molar-refractivity contribution in [3.05, 3.63) is 0 Å². The van der Waals surface area contributed by atoms with Crippen molar-refractivity contribution < 1.29 is 14.3 Å². The maximum Gasteiger partial charge on any atom is 0.306 e. The number of carbonyl (C=O) groups excluding carboxylic acids is 2. The Bertz CT molecular complexity index is 168. The van der Waals surface area contributed by atoms with E-state index in [1.54, 1.807) is 6.92 Å². The van der Waals surface area contributed by atoms with Crippen molar-refractivity contribution in [2.75, 3.05) is 13.2 Å². The fourth-order valence-electron chi connectivity index (χ4n) is 0.802. The molecule has 0 heterocycles. The molecule has 0 fully saturated rings. The van der Waals surface area contributed by atoms with Crippen LogP contribution in [0.15, 0.2) is 0 Å². The zero-order valence-electron chi connectivity index (χ0n) is 8.26. The summed E-state index contributed by atoms with van der Waals surface area (Å²) >= 11 is 0. The van der Waals surface area contributed by atoms with Gasteiger partial charge in [0.05, 0.1) is 13.0 Å². The molecule has 4 nitrogen and oxygen atoms in total. The molecule has 0 atom stereocenters. The molecule has 0 aliphatic heterocycles. The van der Waals surface area contributed by atoms with Crippen LogP contribution in [0.1, 0.15) is 33.1 Å². The molecule has 0 bridgehead atoms. The molecule has 0 radical (unpaired) electrons. The van der Waals surface area contributed by atoms with Crippen molar-refractivity contribution in [3.63, 3.8) is 0 Å². The topological polar surface area (TPSA) is 55.4 Å². The third kappa shape index (κ3) is 7.31. The number of ether oxygens (including phenoxy) is 1. The van der Waals surface area contributed by atoms with Gasteiger partial charge >= 0.3 is 5.97 Å². The predicted octanol–water partition coefficient (Wildman–Crippen LogP) is 0.856. The van der Waals surface area contributed by atoms with Crippen LogP contribution in [0, 0.1) is 0 Å². The van der Waals surface area contributed by atoms with E-state index >= 15 is 0 Å². The summed E-state index contributed by atoms with van der Waals surface area (Å²) in [4.78, 5) is 21.8. The van der Waals surface area contributed by atoms with E-state index in [1.807, 2.05) is 6.92 Å². The average molecular weight is 187 g/mol. The summed E-state index contributed by atoms with van der Waals surface area (Å²) in [5, 5.41) is 2.68. The van der Waals surface area contributed by atoms with Crippen molar-refractivity contribution in [1.82, 2.24) is 5.32 Å². The Morgan fingerprint density at radius 1 is 1.23 bits per heavy atom. The van der Waals surface area contributed by atoms with Gasteiger partial charge in [0.1, 0.15) is 0 Å². The van der Waals surface area contributed by atoms with Crippen molar-refractivity contribution in [1.29, 1.82) is 0 Å². The molecule has 0 saturated heterocycles. The van der Waals surface area contributed by atoms with Gasteiger partial charge in [-0.3, -0.25) is 9.59 Å². The lowest BCUT2D eigenvalue weighted by Crippen LogP contribution is -2.24. The summed E-state index contributed by atoms with van der Waals surface area (Å²) < 4.78 is 4.68. The number of hydrogen-bond donors (Lipinski definition) is 1. The second-order valence-electron chi connectivity index (χ2n) is 2.65. The Kier molecular flexibility index (Phi) is 6.96. The predicted molar refractivity (Wildman–Crippen MR) is 49.2 cm³/mol. The van der Waals surface area contributed by atoms with Crippen LogP contribution in [0.25, 0.3) is 0 Å². The van der Waals surface area contributed by atoms with Crippen molar-refractivity contribution in [3.8, 4) is 0 Å². The Morgan fingerprint density at radius 3 is 2.46 bits per heavy atom.